The number of hydrogen-bond donors (Lipinski definition) is 1. The van der Waals surface area contributed by atoms with Gasteiger partial charge in [0, 0.05) is 29.5 Å². The molecule has 1 atom stereocenters. The number of halogens is 5. The number of nitrogens with zero attached hydrogens (tertiary/aromatic N) is 2. The minimum atomic E-state index is -4.63. The van der Waals surface area contributed by atoms with Gasteiger partial charge in [-0.3, -0.25) is 0 Å². The summed E-state index contributed by atoms with van der Waals surface area (Å²) in [5.41, 5.74) is 1.22. The number of aromatic carboxylic acids is 1. The van der Waals surface area contributed by atoms with Gasteiger partial charge in [-0.2, -0.15) is 13.2 Å². The molecule has 0 radical (unpaired) electrons. The van der Waals surface area contributed by atoms with Crippen LogP contribution in [-0.4, -0.2) is 27.4 Å². The zero-order valence-electron chi connectivity index (χ0n) is 20.5. The van der Waals surface area contributed by atoms with Gasteiger partial charge in [-0.25, -0.2) is 9.78 Å². The van der Waals surface area contributed by atoms with Gasteiger partial charge < -0.3 is 19.1 Å². The molecule has 1 aliphatic heterocycles. The lowest BCUT2D eigenvalue weighted by Crippen LogP contribution is -2.23. The molecule has 206 valence electrons. The van der Waals surface area contributed by atoms with Gasteiger partial charge >= 0.3 is 12.1 Å². The van der Waals surface area contributed by atoms with Gasteiger partial charge in [0.25, 0.3) is 0 Å². The number of alkyl halides is 3. The van der Waals surface area contributed by atoms with Crippen LogP contribution in [0.5, 0.6) is 17.4 Å². The fourth-order valence-corrected chi connectivity index (χ4v) is 5.32. The molecular weight excluding hydrogens is 572 g/mol. The second kappa shape index (κ2) is 10.0. The minimum absolute atomic E-state index is 0.0232. The fourth-order valence-electron chi connectivity index (χ4n) is 4.74. The Morgan fingerprint density at radius 1 is 1.07 bits per heavy atom. The molecule has 6 rings (SSSR count). The van der Waals surface area contributed by atoms with E-state index in [2.05, 4.69) is 10.1 Å². The average Bonchev–Trinajstić information content (AvgIpc) is 3.69. The highest BCUT2D eigenvalue weighted by molar-refractivity contribution is 6.39. The molecule has 2 aliphatic rings. The van der Waals surface area contributed by atoms with Crippen LogP contribution in [0.1, 0.15) is 57.6 Å². The van der Waals surface area contributed by atoms with Crippen molar-refractivity contribution < 1.29 is 37.1 Å². The molecule has 3 heterocycles. The third-order valence-corrected chi connectivity index (χ3v) is 7.52. The van der Waals surface area contributed by atoms with Crippen molar-refractivity contribution in [2.24, 2.45) is 0 Å². The smallest absolute Gasteiger partial charge is 0.396 e. The lowest BCUT2D eigenvalue weighted by atomic mass is 9.92. The second-order valence-electron chi connectivity index (χ2n) is 9.59. The van der Waals surface area contributed by atoms with Crippen LogP contribution < -0.4 is 9.47 Å². The monoisotopic (exact) mass is 590 g/mol. The number of ether oxygens (including phenoxy) is 2. The van der Waals surface area contributed by atoms with Gasteiger partial charge in [0.05, 0.1) is 32.8 Å². The molecule has 1 fully saturated rings. The van der Waals surface area contributed by atoms with Gasteiger partial charge in [0.2, 0.25) is 5.88 Å². The fraction of sp³-hybridized carbons (Fsp3) is 0.250. The molecule has 0 bridgehead atoms. The molecule has 1 N–H and O–H groups in total. The van der Waals surface area contributed by atoms with Crippen molar-refractivity contribution >= 4 is 29.2 Å². The van der Waals surface area contributed by atoms with E-state index in [4.69, 9.17) is 37.2 Å². The Kier molecular flexibility index (Phi) is 6.62. The number of fused-ring (bicyclic) bond motifs is 2. The molecule has 2 aromatic carbocycles. The Hall–Kier alpha value is -3.76. The molecule has 7 nitrogen and oxygen atoms in total. The van der Waals surface area contributed by atoms with Crippen molar-refractivity contribution in [1.29, 1.82) is 0 Å². The van der Waals surface area contributed by atoms with Crippen LogP contribution >= 0.6 is 23.2 Å². The first-order chi connectivity index (χ1) is 19.1. The van der Waals surface area contributed by atoms with E-state index in [1.165, 1.54) is 12.1 Å². The van der Waals surface area contributed by atoms with Crippen LogP contribution in [0.2, 0.25) is 10.0 Å². The third kappa shape index (κ3) is 4.97. The lowest BCUT2D eigenvalue weighted by molar-refractivity contribution is -0.150. The van der Waals surface area contributed by atoms with Crippen LogP contribution in [-0.2, 0) is 13.0 Å². The molecule has 0 amide bonds. The maximum absolute atomic E-state index is 14.1. The summed E-state index contributed by atoms with van der Waals surface area (Å²) in [5.74, 6) is -2.45. The molecule has 40 heavy (non-hydrogen) atoms. The number of carbonyl (C=O) groups is 1. The Balaban J connectivity index is 1.33. The molecule has 2 aromatic heterocycles. The van der Waals surface area contributed by atoms with E-state index < -0.39 is 24.5 Å². The summed E-state index contributed by atoms with van der Waals surface area (Å²) >= 11 is 12.8. The zero-order chi connectivity index (χ0) is 28.2. The maximum atomic E-state index is 14.1. The van der Waals surface area contributed by atoms with Gasteiger partial charge in [0.1, 0.15) is 29.6 Å². The maximum Gasteiger partial charge on any atom is 0.396 e. The Morgan fingerprint density at radius 2 is 1.82 bits per heavy atom. The van der Waals surface area contributed by atoms with Crippen molar-refractivity contribution in [3.8, 4) is 28.6 Å². The quantitative estimate of drug-likeness (QED) is 0.242. The topological polar surface area (TPSA) is 94.7 Å². The van der Waals surface area contributed by atoms with E-state index in [1.54, 1.807) is 18.2 Å². The van der Waals surface area contributed by atoms with E-state index in [0.717, 1.165) is 31.0 Å². The minimum Gasteiger partial charge on any atom is -0.478 e. The number of benzene rings is 2. The first-order valence-corrected chi connectivity index (χ1v) is 13.0. The lowest BCUT2D eigenvalue weighted by Gasteiger charge is -2.20. The molecule has 1 aliphatic carbocycles. The normalized spacial score (nSPS) is 16.5. The average molecular weight is 591 g/mol. The molecule has 4 aromatic rings. The van der Waals surface area contributed by atoms with Crippen LogP contribution in [0.15, 0.2) is 53.1 Å². The zero-order valence-corrected chi connectivity index (χ0v) is 22.0. The van der Waals surface area contributed by atoms with E-state index >= 15 is 0 Å². The SMILES string of the molecule is O=C(O)c1ccc2c(c1)Oc1ccc(OCc3c(-c4c(Cl)cccc4Cl)noc3C3CC3)nc1C[C@H]2C(F)(F)F. The summed E-state index contributed by atoms with van der Waals surface area (Å²) in [5, 5.41) is 14.3. The number of carboxylic acid groups (broad SMARTS) is 1. The van der Waals surface area contributed by atoms with Gasteiger partial charge in [-0.1, -0.05) is 40.5 Å². The molecule has 0 saturated heterocycles. The highest BCUT2D eigenvalue weighted by Gasteiger charge is 2.44. The van der Waals surface area contributed by atoms with Crippen molar-refractivity contribution in [2.45, 2.75) is 43.9 Å². The van der Waals surface area contributed by atoms with Crippen LogP contribution in [0, 0.1) is 0 Å². The van der Waals surface area contributed by atoms with Gasteiger partial charge in [-0.05, 0) is 43.2 Å². The molecule has 0 unspecified atom stereocenters. The molecular formula is C28H19Cl2F3N2O5. The van der Waals surface area contributed by atoms with Crippen molar-refractivity contribution in [1.82, 2.24) is 10.1 Å². The summed E-state index contributed by atoms with van der Waals surface area (Å²) in [7, 11) is 0. The Labute approximate surface area is 235 Å². The summed E-state index contributed by atoms with van der Waals surface area (Å²) in [6.45, 7) is -0.0379. The summed E-state index contributed by atoms with van der Waals surface area (Å²) in [4.78, 5) is 15.7. The highest BCUT2D eigenvalue weighted by Crippen LogP contribution is 2.48. The third-order valence-electron chi connectivity index (χ3n) is 6.89. The second-order valence-corrected chi connectivity index (χ2v) is 10.4. The largest absolute Gasteiger partial charge is 0.478 e. The summed E-state index contributed by atoms with van der Waals surface area (Å²) in [6.07, 6.45) is -3.30. The number of carboxylic acids is 1. The molecule has 0 spiro atoms. The summed E-state index contributed by atoms with van der Waals surface area (Å²) in [6, 6.07) is 11.3. The molecule has 12 heteroatoms. The summed E-state index contributed by atoms with van der Waals surface area (Å²) < 4.78 is 59.7. The van der Waals surface area contributed by atoms with Crippen molar-refractivity contribution in [3.05, 3.63) is 86.7 Å². The number of pyridine rings is 1. The number of rotatable bonds is 6. The van der Waals surface area contributed by atoms with E-state index in [-0.39, 0.29) is 46.7 Å². The van der Waals surface area contributed by atoms with E-state index in [1.807, 2.05) is 0 Å². The first-order valence-electron chi connectivity index (χ1n) is 12.3. The predicted octanol–water partition coefficient (Wildman–Crippen LogP) is 8.19. The number of aromatic nitrogens is 2. The Bertz CT molecular complexity index is 1610. The predicted molar refractivity (Wildman–Crippen MR) is 138 cm³/mol. The van der Waals surface area contributed by atoms with Crippen molar-refractivity contribution in [3.63, 3.8) is 0 Å². The van der Waals surface area contributed by atoms with Crippen LogP contribution in [0.3, 0.4) is 0 Å². The van der Waals surface area contributed by atoms with E-state index in [0.29, 0.717) is 32.6 Å². The standard InChI is InChI=1S/C28H19Cl2F3N2O5/c29-18-2-1-3-19(30)24(18)25-16(26(40-35-25)13-4-5-13)12-38-23-9-8-21-20(34-23)11-17(28(31,32)33)15-7-6-14(27(36)37)10-22(15)39-21/h1-3,6-10,13,17H,4-5,11-12H2,(H,36,37)/t17-/m1/s1. The number of hydrogen-bond acceptors (Lipinski definition) is 6. The molecule has 1 saturated carbocycles. The van der Waals surface area contributed by atoms with Gasteiger partial charge in [0.15, 0.2) is 0 Å². The van der Waals surface area contributed by atoms with Crippen LogP contribution in [0.4, 0.5) is 13.2 Å². The first kappa shape index (κ1) is 26.5. The van der Waals surface area contributed by atoms with Crippen molar-refractivity contribution in [2.75, 3.05) is 0 Å². The van der Waals surface area contributed by atoms with Gasteiger partial charge in [-0.15, -0.1) is 0 Å². The van der Waals surface area contributed by atoms with Crippen LogP contribution in [0.25, 0.3) is 11.3 Å². The van der Waals surface area contributed by atoms with E-state index in [9.17, 15) is 23.1 Å². The Morgan fingerprint density at radius 3 is 2.50 bits per heavy atom. The highest BCUT2D eigenvalue weighted by atomic mass is 35.5.